The molecule has 0 heterocycles. The average molecular weight is 193 g/mol. The number of anilines is 1. The Morgan fingerprint density at radius 3 is 2.43 bits per heavy atom. The van der Waals surface area contributed by atoms with E-state index in [1.807, 2.05) is 37.3 Å². The first kappa shape index (κ1) is 10.6. The standard InChI is InChI=1S/C11H15NO2/c1-3-10(11(13)14)12(2)9-7-5-4-6-8-9/h4-8,10H,3H2,1-2H3,(H,13,14)/t10-/m1/s1. The minimum atomic E-state index is -0.779. The Morgan fingerprint density at radius 1 is 1.43 bits per heavy atom. The predicted octanol–water partition coefficient (Wildman–Crippen LogP) is 1.99. The number of para-hydroxylation sites is 1. The number of aliphatic carboxylic acids is 1. The Hall–Kier alpha value is -1.51. The van der Waals surface area contributed by atoms with E-state index in [4.69, 9.17) is 5.11 Å². The fraction of sp³-hybridized carbons (Fsp3) is 0.364. The van der Waals surface area contributed by atoms with E-state index < -0.39 is 12.0 Å². The Bertz CT molecular complexity index is 297. The first-order valence-electron chi connectivity index (χ1n) is 4.67. The quantitative estimate of drug-likeness (QED) is 0.795. The molecule has 3 heteroatoms. The highest BCUT2D eigenvalue weighted by Crippen LogP contribution is 2.15. The molecule has 0 aliphatic rings. The largest absolute Gasteiger partial charge is 0.480 e. The number of likely N-dealkylation sites (N-methyl/N-ethyl adjacent to an activating group) is 1. The van der Waals surface area contributed by atoms with E-state index in [0.29, 0.717) is 6.42 Å². The van der Waals surface area contributed by atoms with Gasteiger partial charge in [0.25, 0.3) is 0 Å². The van der Waals surface area contributed by atoms with Gasteiger partial charge in [0.05, 0.1) is 0 Å². The molecule has 0 fully saturated rings. The van der Waals surface area contributed by atoms with Crippen LogP contribution in [-0.2, 0) is 4.79 Å². The van der Waals surface area contributed by atoms with Crippen molar-refractivity contribution in [2.24, 2.45) is 0 Å². The molecule has 0 bridgehead atoms. The summed E-state index contributed by atoms with van der Waals surface area (Å²) in [6.07, 6.45) is 0.598. The SMILES string of the molecule is CC[C@H](C(=O)O)N(C)c1ccccc1. The lowest BCUT2D eigenvalue weighted by Gasteiger charge is -2.25. The Labute approximate surface area is 84.0 Å². The summed E-state index contributed by atoms with van der Waals surface area (Å²) >= 11 is 0. The lowest BCUT2D eigenvalue weighted by atomic mass is 10.2. The molecule has 3 nitrogen and oxygen atoms in total. The number of nitrogens with zero attached hydrogens (tertiary/aromatic N) is 1. The molecule has 1 rings (SSSR count). The van der Waals surface area contributed by atoms with Gasteiger partial charge in [-0.15, -0.1) is 0 Å². The highest BCUT2D eigenvalue weighted by atomic mass is 16.4. The van der Waals surface area contributed by atoms with Crippen LogP contribution >= 0.6 is 0 Å². The normalized spacial score (nSPS) is 12.1. The predicted molar refractivity (Wildman–Crippen MR) is 56.6 cm³/mol. The maximum Gasteiger partial charge on any atom is 0.326 e. The average Bonchev–Trinajstić information content (AvgIpc) is 2.19. The second kappa shape index (κ2) is 4.65. The zero-order chi connectivity index (χ0) is 10.6. The third kappa shape index (κ3) is 2.25. The zero-order valence-corrected chi connectivity index (χ0v) is 8.47. The molecule has 0 aromatic heterocycles. The van der Waals surface area contributed by atoms with Crippen molar-refractivity contribution in [2.45, 2.75) is 19.4 Å². The summed E-state index contributed by atoms with van der Waals surface area (Å²) in [5.41, 5.74) is 0.932. The van der Waals surface area contributed by atoms with Gasteiger partial charge < -0.3 is 10.0 Å². The van der Waals surface area contributed by atoms with Gasteiger partial charge in [0.1, 0.15) is 6.04 Å². The Balaban J connectivity index is 2.83. The van der Waals surface area contributed by atoms with Crippen molar-refractivity contribution >= 4 is 11.7 Å². The Kier molecular flexibility index (Phi) is 3.51. The fourth-order valence-corrected chi connectivity index (χ4v) is 1.46. The maximum atomic E-state index is 10.9. The number of carboxylic acid groups (broad SMARTS) is 1. The van der Waals surface area contributed by atoms with Crippen LogP contribution in [0.15, 0.2) is 30.3 Å². The van der Waals surface area contributed by atoms with Crippen molar-refractivity contribution in [3.8, 4) is 0 Å². The molecule has 0 aliphatic carbocycles. The monoisotopic (exact) mass is 193 g/mol. The minimum Gasteiger partial charge on any atom is -0.480 e. The van der Waals surface area contributed by atoms with Gasteiger partial charge in [-0.1, -0.05) is 25.1 Å². The summed E-state index contributed by atoms with van der Waals surface area (Å²) in [4.78, 5) is 12.7. The molecule has 0 unspecified atom stereocenters. The van der Waals surface area contributed by atoms with Crippen LogP contribution in [0.3, 0.4) is 0 Å². The van der Waals surface area contributed by atoms with E-state index >= 15 is 0 Å². The van der Waals surface area contributed by atoms with Gasteiger partial charge in [-0.25, -0.2) is 4.79 Å². The van der Waals surface area contributed by atoms with E-state index in [1.54, 1.807) is 11.9 Å². The van der Waals surface area contributed by atoms with Crippen molar-refractivity contribution in [3.63, 3.8) is 0 Å². The highest BCUT2D eigenvalue weighted by molar-refractivity contribution is 5.77. The molecule has 0 aliphatic heterocycles. The van der Waals surface area contributed by atoms with Gasteiger partial charge in [0.15, 0.2) is 0 Å². The van der Waals surface area contributed by atoms with Crippen molar-refractivity contribution in [1.29, 1.82) is 0 Å². The summed E-state index contributed by atoms with van der Waals surface area (Å²) in [7, 11) is 1.80. The van der Waals surface area contributed by atoms with Crippen molar-refractivity contribution in [3.05, 3.63) is 30.3 Å². The maximum absolute atomic E-state index is 10.9. The van der Waals surface area contributed by atoms with Crippen molar-refractivity contribution < 1.29 is 9.90 Å². The molecule has 0 radical (unpaired) electrons. The van der Waals surface area contributed by atoms with E-state index in [9.17, 15) is 4.79 Å². The Morgan fingerprint density at radius 2 is 2.00 bits per heavy atom. The fourth-order valence-electron chi connectivity index (χ4n) is 1.46. The number of carboxylic acids is 1. The van der Waals surface area contributed by atoms with Crippen LogP contribution < -0.4 is 4.90 Å². The van der Waals surface area contributed by atoms with Crippen molar-refractivity contribution in [1.82, 2.24) is 0 Å². The third-order valence-electron chi connectivity index (χ3n) is 2.30. The number of benzene rings is 1. The van der Waals surface area contributed by atoms with Crippen LogP contribution in [-0.4, -0.2) is 24.2 Å². The van der Waals surface area contributed by atoms with Crippen LogP contribution in [0.1, 0.15) is 13.3 Å². The lowest BCUT2D eigenvalue weighted by Crippen LogP contribution is -2.37. The number of carbonyl (C=O) groups is 1. The summed E-state index contributed by atoms with van der Waals surface area (Å²) < 4.78 is 0. The smallest absolute Gasteiger partial charge is 0.326 e. The molecule has 0 saturated heterocycles. The molecular formula is C11H15NO2. The van der Waals surface area contributed by atoms with Crippen LogP contribution in [0, 0.1) is 0 Å². The third-order valence-corrected chi connectivity index (χ3v) is 2.30. The summed E-state index contributed by atoms with van der Waals surface area (Å²) in [5.74, 6) is -0.779. The van der Waals surface area contributed by atoms with E-state index in [-0.39, 0.29) is 0 Å². The van der Waals surface area contributed by atoms with Crippen LogP contribution in [0.5, 0.6) is 0 Å². The first-order valence-corrected chi connectivity index (χ1v) is 4.67. The molecule has 0 amide bonds. The van der Waals surface area contributed by atoms with Crippen LogP contribution in [0.25, 0.3) is 0 Å². The van der Waals surface area contributed by atoms with Gasteiger partial charge in [0.2, 0.25) is 0 Å². The van der Waals surface area contributed by atoms with E-state index in [1.165, 1.54) is 0 Å². The van der Waals surface area contributed by atoms with Gasteiger partial charge in [-0.05, 0) is 18.6 Å². The molecule has 1 N–H and O–H groups in total. The second-order valence-electron chi connectivity index (χ2n) is 3.21. The van der Waals surface area contributed by atoms with E-state index in [2.05, 4.69) is 0 Å². The number of hydrogen-bond acceptors (Lipinski definition) is 2. The zero-order valence-electron chi connectivity index (χ0n) is 8.47. The summed E-state index contributed by atoms with van der Waals surface area (Å²) in [6.45, 7) is 1.87. The molecule has 1 atom stereocenters. The molecule has 14 heavy (non-hydrogen) atoms. The molecule has 0 saturated carbocycles. The van der Waals surface area contributed by atoms with Crippen LogP contribution in [0.2, 0.25) is 0 Å². The molecule has 76 valence electrons. The summed E-state index contributed by atoms with van der Waals surface area (Å²) in [6, 6.07) is 9.09. The lowest BCUT2D eigenvalue weighted by molar-refractivity contribution is -0.138. The van der Waals surface area contributed by atoms with E-state index in [0.717, 1.165) is 5.69 Å². The topological polar surface area (TPSA) is 40.5 Å². The molecule has 1 aromatic carbocycles. The van der Waals surface area contributed by atoms with Gasteiger partial charge in [-0.3, -0.25) is 0 Å². The minimum absolute atomic E-state index is 0.447. The molecular weight excluding hydrogens is 178 g/mol. The van der Waals surface area contributed by atoms with Crippen LogP contribution in [0.4, 0.5) is 5.69 Å². The van der Waals surface area contributed by atoms with Crippen molar-refractivity contribution in [2.75, 3.05) is 11.9 Å². The van der Waals surface area contributed by atoms with Gasteiger partial charge >= 0.3 is 5.97 Å². The molecule has 1 aromatic rings. The molecule has 0 spiro atoms. The number of rotatable bonds is 4. The first-order chi connectivity index (χ1) is 6.66. The second-order valence-corrected chi connectivity index (χ2v) is 3.21. The highest BCUT2D eigenvalue weighted by Gasteiger charge is 2.20. The van der Waals surface area contributed by atoms with Gasteiger partial charge in [-0.2, -0.15) is 0 Å². The van der Waals surface area contributed by atoms with Gasteiger partial charge in [0, 0.05) is 12.7 Å². The summed E-state index contributed by atoms with van der Waals surface area (Å²) in [5, 5.41) is 8.96. The number of hydrogen-bond donors (Lipinski definition) is 1.